The van der Waals surface area contributed by atoms with E-state index in [1.807, 2.05) is 43.3 Å². The minimum absolute atomic E-state index is 0.00834. The zero-order valence-electron chi connectivity index (χ0n) is 28.4. The van der Waals surface area contributed by atoms with Gasteiger partial charge < -0.3 is 25.0 Å². The van der Waals surface area contributed by atoms with Crippen molar-refractivity contribution in [3.63, 3.8) is 0 Å². The number of benzene rings is 3. The SMILES string of the molecule is CCC1=C(C(=O)OCc2ccccc2)C(c2ccc(F)c(F)c2)N(C(=O)NCC[C@H](C)N2CCC(C(=O)OC)(c3ccccc3)CC2)C(=O)N1. The van der Waals surface area contributed by atoms with E-state index in [2.05, 4.69) is 15.5 Å². The average Bonchev–Trinajstić information content (AvgIpc) is 3.14. The third-order valence-corrected chi connectivity index (χ3v) is 9.61. The number of carbonyl (C=O) groups is 4. The zero-order valence-corrected chi connectivity index (χ0v) is 28.4. The summed E-state index contributed by atoms with van der Waals surface area (Å²) in [5.74, 6) is -3.38. The number of likely N-dealkylation sites (tertiary alicyclic amines) is 1. The Balaban J connectivity index is 1.30. The Kier molecular flexibility index (Phi) is 11.6. The number of methoxy groups -OCH3 is 1. The monoisotopic (exact) mass is 688 g/mol. The van der Waals surface area contributed by atoms with Gasteiger partial charge in [0, 0.05) is 18.3 Å². The van der Waals surface area contributed by atoms with E-state index in [1.165, 1.54) is 13.2 Å². The highest BCUT2D eigenvalue weighted by Gasteiger charge is 2.45. The van der Waals surface area contributed by atoms with E-state index in [0.717, 1.165) is 28.2 Å². The quantitative estimate of drug-likeness (QED) is 0.233. The van der Waals surface area contributed by atoms with Gasteiger partial charge in [0.05, 0.1) is 18.1 Å². The molecule has 1 unspecified atom stereocenters. The van der Waals surface area contributed by atoms with Gasteiger partial charge in [0.25, 0.3) is 0 Å². The first kappa shape index (κ1) is 36.2. The molecule has 3 aromatic carbocycles. The van der Waals surface area contributed by atoms with Crippen molar-refractivity contribution in [3.8, 4) is 0 Å². The van der Waals surface area contributed by atoms with Crippen LogP contribution in [0.2, 0.25) is 0 Å². The number of hydrogen-bond donors (Lipinski definition) is 2. The van der Waals surface area contributed by atoms with Crippen LogP contribution in [-0.4, -0.2) is 66.6 Å². The normalized spacial score (nSPS) is 18.2. The summed E-state index contributed by atoms with van der Waals surface area (Å²) < 4.78 is 39.4. The Morgan fingerprint density at radius 2 is 1.64 bits per heavy atom. The molecule has 2 heterocycles. The molecule has 12 heteroatoms. The molecule has 2 atom stereocenters. The van der Waals surface area contributed by atoms with E-state index in [0.29, 0.717) is 32.4 Å². The number of nitrogens with zero attached hydrogens (tertiary/aromatic N) is 2. The minimum atomic E-state index is -1.39. The number of urea groups is 2. The Morgan fingerprint density at radius 1 is 0.980 bits per heavy atom. The molecule has 3 aromatic rings. The molecule has 4 amide bonds. The summed E-state index contributed by atoms with van der Waals surface area (Å²) >= 11 is 0. The number of imide groups is 1. The molecule has 1 fully saturated rings. The van der Waals surface area contributed by atoms with Crippen molar-refractivity contribution >= 4 is 24.0 Å². The molecule has 0 spiro atoms. The van der Waals surface area contributed by atoms with Crippen molar-refractivity contribution in [3.05, 3.63) is 118 Å². The largest absolute Gasteiger partial charge is 0.468 e. The number of hydrogen-bond acceptors (Lipinski definition) is 7. The first-order valence-electron chi connectivity index (χ1n) is 16.7. The van der Waals surface area contributed by atoms with Gasteiger partial charge in [0.15, 0.2) is 11.6 Å². The first-order chi connectivity index (χ1) is 24.1. The van der Waals surface area contributed by atoms with E-state index in [9.17, 15) is 28.0 Å². The van der Waals surface area contributed by atoms with Gasteiger partial charge >= 0.3 is 24.0 Å². The number of carbonyl (C=O) groups excluding carboxylic acids is 4. The summed E-state index contributed by atoms with van der Waals surface area (Å²) in [5.41, 5.74) is 1.09. The fourth-order valence-corrected chi connectivity index (χ4v) is 6.76. The van der Waals surface area contributed by atoms with Crippen molar-refractivity contribution < 1.29 is 37.4 Å². The highest BCUT2D eigenvalue weighted by molar-refractivity contribution is 6.01. The lowest BCUT2D eigenvalue weighted by Gasteiger charge is -2.42. The number of nitrogens with one attached hydrogen (secondary N) is 2. The van der Waals surface area contributed by atoms with Crippen LogP contribution in [0.1, 0.15) is 62.3 Å². The molecule has 2 N–H and O–H groups in total. The predicted molar refractivity (Wildman–Crippen MR) is 181 cm³/mol. The van der Waals surface area contributed by atoms with Gasteiger partial charge in [0.2, 0.25) is 0 Å². The molecule has 0 bridgehead atoms. The van der Waals surface area contributed by atoms with Crippen molar-refractivity contribution in [2.75, 3.05) is 26.7 Å². The van der Waals surface area contributed by atoms with Crippen LogP contribution in [0.3, 0.4) is 0 Å². The topological polar surface area (TPSA) is 117 Å². The van der Waals surface area contributed by atoms with Crippen LogP contribution < -0.4 is 10.6 Å². The third kappa shape index (κ3) is 7.70. The van der Waals surface area contributed by atoms with Crippen LogP contribution in [0.5, 0.6) is 0 Å². The number of esters is 2. The predicted octanol–water partition coefficient (Wildman–Crippen LogP) is 6.13. The highest BCUT2D eigenvalue weighted by atomic mass is 19.2. The number of allylic oxidation sites excluding steroid dienone is 1. The molecule has 0 aliphatic carbocycles. The van der Waals surface area contributed by atoms with E-state index in [1.54, 1.807) is 31.2 Å². The molecule has 50 heavy (non-hydrogen) atoms. The Morgan fingerprint density at radius 3 is 2.26 bits per heavy atom. The Bertz CT molecular complexity index is 1730. The lowest BCUT2D eigenvalue weighted by atomic mass is 9.72. The van der Waals surface area contributed by atoms with Gasteiger partial charge in [0.1, 0.15) is 12.6 Å². The van der Waals surface area contributed by atoms with Crippen LogP contribution in [0.25, 0.3) is 0 Å². The number of rotatable bonds is 11. The lowest BCUT2D eigenvalue weighted by Crippen LogP contribution is -2.55. The van der Waals surface area contributed by atoms with Gasteiger partial charge in [-0.1, -0.05) is 73.7 Å². The third-order valence-electron chi connectivity index (χ3n) is 9.61. The van der Waals surface area contributed by atoms with Gasteiger partial charge in [-0.3, -0.25) is 4.79 Å². The molecule has 0 aromatic heterocycles. The fraction of sp³-hybridized carbons (Fsp3) is 0.368. The summed E-state index contributed by atoms with van der Waals surface area (Å²) in [4.78, 5) is 56.8. The standard InChI is InChI=1S/C38H42F2N4O6/c1-4-31-32(34(45)50-24-26-11-7-5-8-12-26)33(27-15-16-29(39)30(40)23-27)44(37(48)42-31)36(47)41-20-17-25(2)43-21-18-38(19-22-43,35(46)49-3)28-13-9-6-10-14-28/h5-16,23,25,33H,4,17-22,24H2,1-3H3,(H,41,47)(H,42,48)/t25-,33?/m0/s1. The van der Waals surface area contributed by atoms with Gasteiger partial charge in [-0.25, -0.2) is 28.1 Å². The Hall–Kier alpha value is -5.10. The van der Waals surface area contributed by atoms with Crippen molar-refractivity contribution in [2.45, 2.75) is 63.6 Å². The van der Waals surface area contributed by atoms with Crippen LogP contribution in [0, 0.1) is 11.6 Å². The van der Waals surface area contributed by atoms with Gasteiger partial charge in [-0.2, -0.15) is 0 Å². The summed E-state index contributed by atoms with van der Waals surface area (Å²) in [6.45, 7) is 5.09. The molecule has 0 saturated carbocycles. The van der Waals surface area contributed by atoms with Crippen molar-refractivity contribution in [2.24, 2.45) is 0 Å². The number of ether oxygens (including phenoxy) is 2. The fourth-order valence-electron chi connectivity index (χ4n) is 6.76. The number of amides is 4. The van der Waals surface area contributed by atoms with Crippen molar-refractivity contribution in [1.82, 2.24) is 20.4 Å². The second kappa shape index (κ2) is 16.1. The molecule has 264 valence electrons. The zero-order chi connectivity index (χ0) is 35.8. The Labute approximate surface area is 290 Å². The number of piperidine rings is 1. The number of halogens is 2. The molecular formula is C38H42F2N4O6. The van der Waals surface area contributed by atoms with E-state index in [4.69, 9.17) is 9.47 Å². The van der Waals surface area contributed by atoms with Gasteiger partial charge in [-0.05, 0) is 74.5 Å². The second-order valence-corrected chi connectivity index (χ2v) is 12.5. The van der Waals surface area contributed by atoms with Crippen LogP contribution in [-0.2, 0) is 31.1 Å². The maximum Gasteiger partial charge on any atom is 0.338 e. The van der Waals surface area contributed by atoms with Crippen LogP contribution in [0.4, 0.5) is 18.4 Å². The van der Waals surface area contributed by atoms with Gasteiger partial charge in [-0.15, -0.1) is 0 Å². The van der Waals surface area contributed by atoms with E-state index in [-0.39, 0.29) is 48.4 Å². The summed E-state index contributed by atoms with van der Waals surface area (Å²) in [6.07, 6.45) is 1.85. The minimum Gasteiger partial charge on any atom is -0.468 e. The highest BCUT2D eigenvalue weighted by Crippen LogP contribution is 2.38. The molecule has 10 nitrogen and oxygen atoms in total. The smallest absolute Gasteiger partial charge is 0.338 e. The molecule has 0 radical (unpaired) electrons. The van der Waals surface area contributed by atoms with Crippen LogP contribution in [0.15, 0.2) is 90.1 Å². The lowest BCUT2D eigenvalue weighted by molar-refractivity contribution is -0.150. The molecular weight excluding hydrogens is 646 g/mol. The summed E-state index contributed by atoms with van der Waals surface area (Å²) in [6, 6.07) is 18.6. The van der Waals surface area contributed by atoms with Crippen molar-refractivity contribution in [1.29, 1.82) is 0 Å². The van der Waals surface area contributed by atoms with E-state index < -0.39 is 41.1 Å². The van der Waals surface area contributed by atoms with E-state index >= 15 is 0 Å². The first-order valence-corrected chi connectivity index (χ1v) is 16.7. The summed E-state index contributed by atoms with van der Waals surface area (Å²) in [7, 11) is 1.40. The molecule has 1 saturated heterocycles. The molecule has 2 aliphatic heterocycles. The summed E-state index contributed by atoms with van der Waals surface area (Å²) in [5, 5.41) is 5.41. The maximum absolute atomic E-state index is 14.6. The second-order valence-electron chi connectivity index (χ2n) is 12.5. The average molecular weight is 689 g/mol. The maximum atomic E-state index is 14.6. The molecule has 2 aliphatic rings. The van der Waals surface area contributed by atoms with Crippen LogP contribution >= 0.6 is 0 Å². The molecule has 5 rings (SSSR count).